The molecule has 0 heterocycles. The van der Waals surface area contributed by atoms with Crippen LogP contribution in [0, 0.1) is 11.3 Å². The molecule has 3 rings (SSSR count). The van der Waals surface area contributed by atoms with E-state index in [2.05, 4.69) is 37.2 Å². The van der Waals surface area contributed by atoms with Crippen LogP contribution in [-0.2, 0) is 11.4 Å². The van der Waals surface area contributed by atoms with Crippen LogP contribution >= 0.6 is 31.9 Å². The van der Waals surface area contributed by atoms with Crippen LogP contribution in [0.4, 0.5) is 5.69 Å². The summed E-state index contributed by atoms with van der Waals surface area (Å²) in [7, 11) is 0. The van der Waals surface area contributed by atoms with Gasteiger partial charge in [0, 0.05) is 20.2 Å². The molecule has 6 heteroatoms. The van der Waals surface area contributed by atoms with E-state index >= 15 is 0 Å². The molecule has 144 valence electrons. The van der Waals surface area contributed by atoms with Crippen LogP contribution in [0.15, 0.2) is 87.3 Å². The maximum atomic E-state index is 12.5. The fraction of sp³-hybridized carbons (Fsp3) is 0.0435. The second-order valence-electron chi connectivity index (χ2n) is 6.08. The van der Waals surface area contributed by atoms with Crippen molar-refractivity contribution in [3.05, 3.63) is 98.4 Å². The van der Waals surface area contributed by atoms with Crippen LogP contribution in [0.1, 0.15) is 11.1 Å². The second-order valence-corrected chi connectivity index (χ2v) is 7.92. The Morgan fingerprint density at radius 2 is 1.59 bits per heavy atom. The topological polar surface area (TPSA) is 62.1 Å². The largest absolute Gasteiger partial charge is 0.488 e. The molecule has 3 aromatic carbocycles. The molecule has 0 spiro atoms. The van der Waals surface area contributed by atoms with Gasteiger partial charge in [-0.05, 0) is 54.1 Å². The molecule has 0 aliphatic rings. The molecule has 29 heavy (non-hydrogen) atoms. The Hall–Kier alpha value is -2.88. The van der Waals surface area contributed by atoms with Crippen molar-refractivity contribution in [2.24, 2.45) is 0 Å². The van der Waals surface area contributed by atoms with Gasteiger partial charge < -0.3 is 10.1 Å². The van der Waals surface area contributed by atoms with Gasteiger partial charge in [0.25, 0.3) is 5.91 Å². The predicted molar refractivity (Wildman–Crippen MR) is 121 cm³/mol. The van der Waals surface area contributed by atoms with Gasteiger partial charge in [0.1, 0.15) is 24.0 Å². The smallest absolute Gasteiger partial charge is 0.266 e. The van der Waals surface area contributed by atoms with Crippen molar-refractivity contribution in [2.45, 2.75) is 6.61 Å². The zero-order chi connectivity index (χ0) is 20.6. The van der Waals surface area contributed by atoms with Crippen molar-refractivity contribution < 1.29 is 9.53 Å². The molecule has 0 aromatic heterocycles. The minimum Gasteiger partial charge on any atom is -0.488 e. The molecule has 0 saturated heterocycles. The van der Waals surface area contributed by atoms with E-state index < -0.39 is 5.91 Å². The summed E-state index contributed by atoms with van der Waals surface area (Å²) < 4.78 is 7.82. The third-order valence-corrected chi connectivity index (χ3v) is 5.05. The van der Waals surface area contributed by atoms with Gasteiger partial charge >= 0.3 is 0 Å². The van der Waals surface area contributed by atoms with Gasteiger partial charge in [0.05, 0.1) is 0 Å². The molecular formula is C23H16Br2N2O2. The molecule has 0 unspecified atom stereocenters. The summed E-state index contributed by atoms with van der Waals surface area (Å²) in [4.78, 5) is 12.5. The van der Waals surface area contributed by atoms with Gasteiger partial charge in [-0.25, -0.2) is 0 Å². The first-order valence-electron chi connectivity index (χ1n) is 8.70. The lowest BCUT2D eigenvalue weighted by molar-refractivity contribution is -0.112. The quantitative estimate of drug-likeness (QED) is 0.310. The molecular weight excluding hydrogens is 496 g/mol. The summed E-state index contributed by atoms with van der Waals surface area (Å²) in [6.45, 7) is 0.380. The molecule has 0 fully saturated rings. The number of hydrogen-bond donors (Lipinski definition) is 1. The van der Waals surface area contributed by atoms with E-state index in [0.29, 0.717) is 23.6 Å². The maximum Gasteiger partial charge on any atom is 0.266 e. The van der Waals surface area contributed by atoms with E-state index in [1.54, 1.807) is 18.2 Å². The van der Waals surface area contributed by atoms with Gasteiger partial charge in [-0.3, -0.25) is 4.79 Å². The van der Waals surface area contributed by atoms with Crippen molar-refractivity contribution in [3.8, 4) is 11.8 Å². The number of nitriles is 1. The molecule has 1 amide bonds. The fourth-order valence-electron chi connectivity index (χ4n) is 2.51. The van der Waals surface area contributed by atoms with Crippen molar-refractivity contribution in [1.82, 2.24) is 0 Å². The molecule has 0 bridgehead atoms. The number of halogens is 2. The van der Waals surface area contributed by atoms with Crippen LogP contribution in [0.3, 0.4) is 0 Å². The lowest BCUT2D eigenvalue weighted by Crippen LogP contribution is -2.13. The first-order valence-corrected chi connectivity index (χ1v) is 10.3. The molecule has 0 saturated carbocycles. The van der Waals surface area contributed by atoms with E-state index in [0.717, 1.165) is 14.5 Å². The van der Waals surface area contributed by atoms with E-state index in [9.17, 15) is 10.1 Å². The summed E-state index contributed by atoms with van der Waals surface area (Å²) in [5, 5.41) is 12.2. The molecule has 4 nitrogen and oxygen atoms in total. The van der Waals surface area contributed by atoms with Crippen molar-refractivity contribution in [3.63, 3.8) is 0 Å². The van der Waals surface area contributed by atoms with E-state index in [4.69, 9.17) is 4.74 Å². The van der Waals surface area contributed by atoms with E-state index in [1.807, 2.05) is 60.7 Å². The lowest BCUT2D eigenvalue weighted by Gasteiger charge is -2.10. The first-order chi connectivity index (χ1) is 14.0. The molecule has 0 radical (unpaired) electrons. The number of hydrogen-bond acceptors (Lipinski definition) is 3. The van der Waals surface area contributed by atoms with Crippen molar-refractivity contribution in [2.75, 3.05) is 5.32 Å². The fourth-order valence-corrected chi connectivity index (χ4v) is 3.04. The van der Waals surface area contributed by atoms with Crippen LogP contribution in [0.5, 0.6) is 5.75 Å². The van der Waals surface area contributed by atoms with Crippen LogP contribution in [-0.4, -0.2) is 5.91 Å². The van der Waals surface area contributed by atoms with Crippen LogP contribution in [0.25, 0.3) is 6.08 Å². The van der Waals surface area contributed by atoms with Gasteiger partial charge in [0.15, 0.2) is 0 Å². The highest BCUT2D eigenvalue weighted by Gasteiger charge is 2.11. The number of ether oxygens (including phenoxy) is 1. The molecule has 0 aliphatic heterocycles. The SMILES string of the molecule is N#C/C(=C\c1ccccc1OCc1ccc(Br)cc1)C(=O)Nc1ccc(Br)cc1. The zero-order valence-electron chi connectivity index (χ0n) is 15.2. The molecule has 3 aromatic rings. The third-order valence-electron chi connectivity index (χ3n) is 3.99. The van der Waals surface area contributed by atoms with Gasteiger partial charge in [-0.15, -0.1) is 0 Å². The number of nitrogens with one attached hydrogen (secondary N) is 1. The highest BCUT2D eigenvalue weighted by Crippen LogP contribution is 2.23. The number of nitrogens with zero attached hydrogens (tertiary/aromatic N) is 1. The van der Waals surface area contributed by atoms with Crippen molar-refractivity contribution >= 4 is 49.5 Å². The Morgan fingerprint density at radius 1 is 0.966 bits per heavy atom. The molecule has 0 aliphatic carbocycles. The third kappa shape index (κ3) is 6.05. The number of rotatable bonds is 6. The van der Waals surface area contributed by atoms with Crippen LogP contribution in [0.2, 0.25) is 0 Å². The average molecular weight is 512 g/mol. The van der Waals surface area contributed by atoms with Gasteiger partial charge in [-0.1, -0.05) is 62.2 Å². The highest BCUT2D eigenvalue weighted by molar-refractivity contribution is 9.10. The Morgan fingerprint density at radius 3 is 2.24 bits per heavy atom. The number of benzene rings is 3. The van der Waals surface area contributed by atoms with E-state index in [1.165, 1.54) is 6.08 Å². The molecule has 1 N–H and O–H groups in total. The van der Waals surface area contributed by atoms with E-state index in [-0.39, 0.29) is 5.57 Å². The first kappa shape index (κ1) is 20.8. The normalized spacial score (nSPS) is 10.9. The number of para-hydroxylation sites is 1. The number of carbonyl (C=O) groups excluding carboxylic acids is 1. The van der Waals surface area contributed by atoms with Crippen molar-refractivity contribution in [1.29, 1.82) is 5.26 Å². The summed E-state index contributed by atoms with van der Waals surface area (Å²) in [6.07, 6.45) is 1.53. The summed E-state index contributed by atoms with van der Waals surface area (Å²) in [5.74, 6) is 0.122. The predicted octanol–water partition coefficient (Wildman–Crippen LogP) is 6.34. The highest BCUT2D eigenvalue weighted by atomic mass is 79.9. The average Bonchev–Trinajstić information content (AvgIpc) is 2.74. The summed E-state index contributed by atoms with van der Waals surface area (Å²) >= 11 is 6.76. The Bertz CT molecular complexity index is 1070. The zero-order valence-corrected chi connectivity index (χ0v) is 18.4. The number of anilines is 1. The Balaban J connectivity index is 1.76. The minimum atomic E-state index is -0.475. The Kier molecular flexibility index (Phi) is 7.23. The lowest BCUT2D eigenvalue weighted by atomic mass is 10.1. The molecule has 0 atom stereocenters. The Labute approximate surface area is 186 Å². The van der Waals surface area contributed by atoms with Gasteiger partial charge in [-0.2, -0.15) is 5.26 Å². The standard InChI is InChI=1S/C23H16Br2N2O2/c24-19-7-5-16(6-8-19)15-29-22-4-2-1-3-17(22)13-18(14-26)23(28)27-21-11-9-20(25)10-12-21/h1-13H,15H2,(H,27,28)/b18-13+. The number of amides is 1. The van der Waals surface area contributed by atoms with Crippen LogP contribution < -0.4 is 10.1 Å². The van der Waals surface area contributed by atoms with Gasteiger partial charge in [0.2, 0.25) is 0 Å². The second kappa shape index (κ2) is 10.1. The monoisotopic (exact) mass is 510 g/mol. The summed E-state index contributed by atoms with van der Waals surface area (Å²) in [5.41, 5.74) is 2.28. The number of carbonyl (C=O) groups is 1. The minimum absolute atomic E-state index is 0.00684. The maximum absolute atomic E-state index is 12.5. The summed E-state index contributed by atoms with van der Waals surface area (Å²) in [6, 6.07) is 24.2.